The summed E-state index contributed by atoms with van der Waals surface area (Å²) in [6.45, 7) is 4.59. The number of carbonyl (C=O) groups excluding carboxylic acids is 1. The van der Waals surface area contributed by atoms with Crippen LogP contribution in [0.1, 0.15) is 20.8 Å². The molecular formula is C11H18F3N3O2. The number of carbonyl (C=O) groups is 1. The zero-order chi connectivity index (χ0) is 15.0. The second-order valence-corrected chi connectivity index (χ2v) is 5.43. The maximum absolute atomic E-state index is 12.7. The van der Waals surface area contributed by atoms with E-state index in [1.54, 1.807) is 20.8 Å². The zero-order valence-corrected chi connectivity index (χ0v) is 11.2. The lowest BCUT2D eigenvalue weighted by atomic mass is 9.95. The monoisotopic (exact) mass is 281 g/mol. The number of allylic oxidation sites excluding steroid dienone is 1. The third-order valence-corrected chi connectivity index (χ3v) is 2.69. The van der Waals surface area contributed by atoms with Crippen LogP contribution in [0.3, 0.4) is 0 Å². The van der Waals surface area contributed by atoms with Crippen LogP contribution in [0.15, 0.2) is 11.3 Å². The summed E-state index contributed by atoms with van der Waals surface area (Å²) in [6, 6.07) is 0. The SMILES string of the molecule is CN1NC(C(F)(F)F)=C(CNC(=O)C(C)(C)C)C1O. The van der Waals surface area contributed by atoms with Gasteiger partial charge in [-0.25, -0.2) is 0 Å². The molecule has 1 aliphatic rings. The summed E-state index contributed by atoms with van der Waals surface area (Å²) >= 11 is 0. The van der Waals surface area contributed by atoms with Gasteiger partial charge in [0.15, 0.2) is 0 Å². The first kappa shape index (κ1) is 15.8. The number of alkyl halides is 3. The van der Waals surface area contributed by atoms with Gasteiger partial charge < -0.3 is 15.8 Å². The van der Waals surface area contributed by atoms with Crippen LogP contribution >= 0.6 is 0 Å². The van der Waals surface area contributed by atoms with Gasteiger partial charge in [-0.2, -0.15) is 18.2 Å². The summed E-state index contributed by atoms with van der Waals surface area (Å²) in [6.07, 6.45) is -6.02. The van der Waals surface area contributed by atoms with Crippen LogP contribution in [0.2, 0.25) is 0 Å². The van der Waals surface area contributed by atoms with E-state index in [9.17, 15) is 23.1 Å². The Labute approximate surface area is 109 Å². The maximum atomic E-state index is 12.7. The number of hydrogen-bond acceptors (Lipinski definition) is 4. The Morgan fingerprint density at radius 3 is 2.37 bits per heavy atom. The van der Waals surface area contributed by atoms with Crippen molar-refractivity contribution in [1.82, 2.24) is 15.8 Å². The van der Waals surface area contributed by atoms with Crippen molar-refractivity contribution < 1.29 is 23.1 Å². The third kappa shape index (κ3) is 3.60. The van der Waals surface area contributed by atoms with Crippen molar-refractivity contribution in [3.8, 4) is 0 Å². The third-order valence-electron chi connectivity index (χ3n) is 2.69. The lowest BCUT2D eigenvalue weighted by molar-refractivity contribution is -0.128. The molecule has 8 heteroatoms. The van der Waals surface area contributed by atoms with Crippen LogP contribution < -0.4 is 10.7 Å². The van der Waals surface area contributed by atoms with E-state index in [4.69, 9.17) is 0 Å². The molecule has 1 heterocycles. The number of aliphatic hydroxyl groups is 1. The van der Waals surface area contributed by atoms with Gasteiger partial charge in [0.05, 0.1) is 0 Å². The molecule has 5 nitrogen and oxygen atoms in total. The second-order valence-electron chi connectivity index (χ2n) is 5.43. The highest BCUT2D eigenvalue weighted by Gasteiger charge is 2.44. The number of nitrogens with one attached hydrogen (secondary N) is 2. The summed E-state index contributed by atoms with van der Waals surface area (Å²) < 4.78 is 38.2. The van der Waals surface area contributed by atoms with Gasteiger partial charge >= 0.3 is 6.18 Å². The molecule has 0 aliphatic carbocycles. The molecule has 0 spiro atoms. The van der Waals surface area contributed by atoms with Gasteiger partial charge in [0.25, 0.3) is 0 Å². The van der Waals surface area contributed by atoms with Crippen molar-refractivity contribution in [2.75, 3.05) is 13.6 Å². The number of likely N-dealkylation sites (N-methyl/N-ethyl adjacent to an activating group) is 1. The number of amides is 1. The molecule has 0 bridgehead atoms. The highest BCUT2D eigenvalue weighted by atomic mass is 19.4. The summed E-state index contributed by atoms with van der Waals surface area (Å²) in [7, 11) is 1.29. The standard InChI is InChI=1S/C11H18F3N3O2/c1-10(2,3)9(19)15-5-6-7(11(12,13)14)16-17(4)8(6)18/h8,16,18H,5H2,1-4H3,(H,15,19). The highest BCUT2D eigenvalue weighted by molar-refractivity contribution is 5.81. The average Bonchev–Trinajstić information content (AvgIpc) is 2.51. The molecule has 0 saturated carbocycles. The minimum absolute atomic E-state index is 0.299. The Morgan fingerprint density at radius 2 is 1.95 bits per heavy atom. The topological polar surface area (TPSA) is 64.6 Å². The first-order valence-electron chi connectivity index (χ1n) is 5.70. The van der Waals surface area contributed by atoms with E-state index in [1.807, 2.05) is 5.43 Å². The molecule has 0 fully saturated rings. The number of rotatable bonds is 2. The van der Waals surface area contributed by atoms with E-state index in [0.29, 0.717) is 0 Å². The van der Waals surface area contributed by atoms with Crippen LogP contribution in [0, 0.1) is 5.41 Å². The number of nitrogens with zero attached hydrogens (tertiary/aromatic N) is 1. The molecule has 1 aliphatic heterocycles. The number of hydrazine groups is 1. The van der Waals surface area contributed by atoms with Crippen LogP contribution in [-0.2, 0) is 4.79 Å². The summed E-state index contributed by atoms with van der Waals surface area (Å²) in [5.74, 6) is -0.386. The normalized spacial score (nSPS) is 21.6. The smallest absolute Gasteiger partial charge is 0.373 e. The first-order chi connectivity index (χ1) is 8.44. The lowest BCUT2D eigenvalue weighted by Gasteiger charge is -2.20. The first-order valence-corrected chi connectivity index (χ1v) is 5.70. The molecule has 1 rings (SSSR count). The minimum Gasteiger partial charge on any atom is -0.373 e. The Bertz CT molecular complexity index is 399. The van der Waals surface area contributed by atoms with E-state index in [1.165, 1.54) is 7.05 Å². The molecule has 0 aromatic rings. The van der Waals surface area contributed by atoms with Gasteiger partial charge in [0.2, 0.25) is 5.91 Å². The van der Waals surface area contributed by atoms with E-state index in [0.717, 1.165) is 5.01 Å². The molecule has 0 aromatic carbocycles. The van der Waals surface area contributed by atoms with Crippen LogP contribution in [0.25, 0.3) is 0 Å². The fraction of sp³-hybridized carbons (Fsp3) is 0.727. The van der Waals surface area contributed by atoms with Gasteiger partial charge in [0, 0.05) is 24.6 Å². The molecule has 1 amide bonds. The van der Waals surface area contributed by atoms with E-state index in [2.05, 4.69) is 5.32 Å². The van der Waals surface area contributed by atoms with Gasteiger partial charge in [-0.3, -0.25) is 4.79 Å². The quantitative estimate of drug-likeness (QED) is 0.698. The highest BCUT2D eigenvalue weighted by Crippen LogP contribution is 2.31. The molecular weight excluding hydrogens is 263 g/mol. The molecule has 19 heavy (non-hydrogen) atoms. The number of hydrogen-bond donors (Lipinski definition) is 3. The Balaban J connectivity index is 2.86. The molecule has 0 radical (unpaired) electrons. The van der Waals surface area contributed by atoms with Gasteiger partial charge in [-0.1, -0.05) is 20.8 Å². The van der Waals surface area contributed by atoms with Crippen molar-refractivity contribution in [3.63, 3.8) is 0 Å². The van der Waals surface area contributed by atoms with Gasteiger partial charge in [-0.15, -0.1) is 0 Å². The maximum Gasteiger partial charge on any atom is 0.432 e. The van der Waals surface area contributed by atoms with Crippen LogP contribution in [0.5, 0.6) is 0 Å². The summed E-state index contributed by atoms with van der Waals surface area (Å²) in [5.41, 5.74) is 0.00691. The number of aliphatic hydroxyl groups excluding tert-OH is 1. The summed E-state index contributed by atoms with van der Waals surface area (Å²) in [5, 5.41) is 13.0. The predicted molar refractivity (Wildman–Crippen MR) is 62.5 cm³/mol. The predicted octanol–water partition coefficient (Wildman–Crippen LogP) is 0.733. The zero-order valence-electron chi connectivity index (χ0n) is 11.2. The Kier molecular flexibility index (Phi) is 4.16. The average molecular weight is 281 g/mol. The van der Waals surface area contributed by atoms with Crippen molar-refractivity contribution in [2.24, 2.45) is 5.41 Å². The largest absolute Gasteiger partial charge is 0.432 e. The number of halogens is 3. The minimum atomic E-state index is -4.60. The fourth-order valence-corrected chi connectivity index (χ4v) is 1.54. The van der Waals surface area contributed by atoms with Crippen LogP contribution in [0.4, 0.5) is 13.2 Å². The fourth-order valence-electron chi connectivity index (χ4n) is 1.54. The van der Waals surface area contributed by atoms with Crippen molar-refractivity contribution in [1.29, 1.82) is 0 Å². The molecule has 3 N–H and O–H groups in total. The van der Waals surface area contributed by atoms with Crippen molar-refractivity contribution >= 4 is 5.91 Å². The van der Waals surface area contributed by atoms with Crippen molar-refractivity contribution in [2.45, 2.75) is 33.2 Å². The molecule has 1 unspecified atom stereocenters. The Morgan fingerprint density at radius 1 is 1.42 bits per heavy atom. The van der Waals surface area contributed by atoms with Crippen molar-refractivity contribution in [3.05, 3.63) is 11.3 Å². The van der Waals surface area contributed by atoms with E-state index < -0.39 is 23.5 Å². The Hall–Kier alpha value is -1.28. The molecule has 0 saturated heterocycles. The van der Waals surface area contributed by atoms with Gasteiger partial charge in [0.1, 0.15) is 11.9 Å². The second kappa shape index (κ2) is 5.01. The summed E-state index contributed by atoms with van der Waals surface area (Å²) in [4.78, 5) is 11.6. The van der Waals surface area contributed by atoms with E-state index >= 15 is 0 Å². The molecule has 0 aromatic heterocycles. The molecule has 110 valence electrons. The lowest BCUT2D eigenvalue weighted by Crippen LogP contribution is -2.39. The van der Waals surface area contributed by atoms with Crippen LogP contribution in [-0.4, -0.2) is 42.0 Å². The van der Waals surface area contributed by atoms with E-state index in [-0.39, 0.29) is 18.0 Å². The molecule has 1 atom stereocenters. The van der Waals surface area contributed by atoms with Gasteiger partial charge in [-0.05, 0) is 0 Å².